The van der Waals surface area contributed by atoms with Gasteiger partial charge in [0.1, 0.15) is 0 Å². The molecule has 0 aliphatic carbocycles. The zero-order valence-corrected chi connectivity index (χ0v) is 18.9. The van der Waals surface area contributed by atoms with E-state index in [0.29, 0.717) is 34.1 Å². The van der Waals surface area contributed by atoms with Gasteiger partial charge >= 0.3 is 0 Å². The van der Waals surface area contributed by atoms with Gasteiger partial charge in [-0.15, -0.1) is 0 Å². The summed E-state index contributed by atoms with van der Waals surface area (Å²) in [6, 6.07) is 16.5. The Balaban J connectivity index is 1.74. The maximum absolute atomic E-state index is 13.2. The van der Waals surface area contributed by atoms with Crippen LogP contribution in [0, 0.1) is 6.92 Å². The average Bonchev–Trinajstić information content (AvgIpc) is 2.89. The summed E-state index contributed by atoms with van der Waals surface area (Å²) < 4.78 is 12.2. The van der Waals surface area contributed by atoms with Crippen LogP contribution in [0.4, 0.5) is 0 Å². The lowest BCUT2D eigenvalue weighted by atomic mass is 10.0. The number of pyridine rings is 2. The second-order valence-corrected chi connectivity index (χ2v) is 7.80. The van der Waals surface area contributed by atoms with Crippen LogP contribution in [0.15, 0.2) is 65.6 Å². The Kier molecular flexibility index (Phi) is 5.43. The van der Waals surface area contributed by atoms with Crippen molar-refractivity contribution in [2.24, 2.45) is 0 Å². The molecular formula is C26H22N4O4. The van der Waals surface area contributed by atoms with E-state index in [0.717, 1.165) is 27.4 Å². The first-order valence-corrected chi connectivity index (χ1v) is 10.7. The number of aryl methyl sites for hydroxylation is 1. The average molecular weight is 454 g/mol. The fourth-order valence-corrected chi connectivity index (χ4v) is 4.12. The van der Waals surface area contributed by atoms with Crippen molar-refractivity contribution in [3.8, 4) is 28.6 Å². The van der Waals surface area contributed by atoms with Crippen molar-refractivity contribution in [3.63, 3.8) is 0 Å². The van der Waals surface area contributed by atoms with E-state index < -0.39 is 0 Å². The lowest BCUT2D eigenvalue weighted by Crippen LogP contribution is -2.23. The predicted molar refractivity (Wildman–Crippen MR) is 130 cm³/mol. The number of hydrogen-bond acceptors (Lipinski definition) is 7. The van der Waals surface area contributed by atoms with E-state index in [-0.39, 0.29) is 12.2 Å². The minimum atomic E-state index is -0.251. The Morgan fingerprint density at radius 3 is 2.41 bits per heavy atom. The molecule has 8 heteroatoms. The highest BCUT2D eigenvalue weighted by molar-refractivity contribution is 5.97. The summed E-state index contributed by atoms with van der Waals surface area (Å²) in [7, 11) is 3.15. The summed E-state index contributed by atoms with van der Waals surface area (Å²) >= 11 is 0. The number of benzene rings is 2. The van der Waals surface area contributed by atoms with Crippen LogP contribution in [0.3, 0.4) is 0 Å². The van der Waals surface area contributed by atoms with Crippen molar-refractivity contribution >= 4 is 21.5 Å². The molecule has 5 rings (SSSR count). The zero-order chi connectivity index (χ0) is 23.8. The number of aliphatic hydroxyl groups is 1. The molecule has 0 amide bonds. The minimum absolute atomic E-state index is 0.222. The van der Waals surface area contributed by atoms with Gasteiger partial charge in [0.25, 0.3) is 5.56 Å². The SMILES string of the molecule is COc1cc2cc(CO)nc(-c3ccnc(-n4nc(C)c5ccccc5c4=O)c3)c2cc1OC. The van der Waals surface area contributed by atoms with E-state index >= 15 is 0 Å². The summed E-state index contributed by atoms with van der Waals surface area (Å²) in [6.07, 6.45) is 1.61. The van der Waals surface area contributed by atoms with Crippen LogP contribution >= 0.6 is 0 Å². The molecule has 0 saturated carbocycles. The highest BCUT2D eigenvalue weighted by Crippen LogP contribution is 2.37. The molecule has 2 aromatic carbocycles. The normalized spacial score (nSPS) is 11.2. The Morgan fingerprint density at radius 2 is 1.68 bits per heavy atom. The predicted octanol–water partition coefficient (Wildman–Crippen LogP) is 3.81. The van der Waals surface area contributed by atoms with Crippen LogP contribution in [0.5, 0.6) is 11.5 Å². The van der Waals surface area contributed by atoms with E-state index in [1.165, 1.54) is 4.68 Å². The van der Waals surface area contributed by atoms with Gasteiger partial charge < -0.3 is 14.6 Å². The maximum Gasteiger partial charge on any atom is 0.280 e. The molecule has 1 N–H and O–H groups in total. The molecule has 34 heavy (non-hydrogen) atoms. The number of rotatable bonds is 5. The number of fused-ring (bicyclic) bond motifs is 2. The third-order valence-electron chi connectivity index (χ3n) is 5.78. The standard InChI is InChI=1S/C26H22N4O4/c1-15-19-6-4-5-7-20(19)26(32)30(29-15)24-12-16(8-9-27-24)25-21-13-23(34-3)22(33-2)11-17(21)10-18(14-31)28-25/h4-13,31H,14H2,1-3H3. The molecule has 0 fully saturated rings. The first-order chi connectivity index (χ1) is 16.5. The van der Waals surface area contributed by atoms with E-state index in [9.17, 15) is 9.90 Å². The number of hydrogen-bond donors (Lipinski definition) is 1. The van der Waals surface area contributed by atoms with E-state index in [1.807, 2.05) is 49.4 Å². The van der Waals surface area contributed by atoms with Crippen molar-refractivity contribution in [1.82, 2.24) is 19.7 Å². The Labute approximate surface area is 195 Å². The lowest BCUT2D eigenvalue weighted by molar-refractivity contribution is 0.277. The van der Waals surface area contributed by atoms with Gasteiger partial charge in [0.15, 0.2) is 17.3 Å². The van der Waals surface area contributed by atoms with Crippen molar-refractivity contribution < 1.29 is 14.6 Å². The van der Waals surface area contributed by atoms with E-state index in [1.54, 1.807) is 32.5 Å². The van der Waals surface area contributed by atoms with Gasteiger partial charge in [0.2, 0.25) is 0 Å². The summed E-state index contributed by atoms with van der Waals surface area (Å²) in [5.41, 5.74) is 2.32. The zero-order valence-electron chi connectivity index (χ0n) is 18.9. The van der Waals surface area contributed by atoms with Gasteiger partial charge in [-0.1, -0.05) is 18.2 Å². The molecule has 170 valence electrons. The monoisotopic (exact) mass is 454 g/mol. The fraction of sp³-hybridized carbons (Fsp3) is 0.154. The van der Waals surface area contributed by atoms with Crippen LogP contribution in [0.2, 0.25) is 0 Å². The Bertz CT molecular complexity index is 1610. The van der Waals surface area contributed by atoms with Gasteiger partial charge in [0.05, 0.1) is 43.3 Å². The van der Waals surface area contributed by atoms with E-state index in [4.69, 9.17) is 9.47 Å². The smallest absolute Gasteiger partial charge is 0.280 e. The third kappa shape index (κ3) is 3.54. The molecular weight excluding hydrogens is 432 g/mol. The topological polar surface area (TPSA) is 99.4 Å². The number of nitrogens with zero attached hydrogens (tertiary/aromatic N) is 4. The quantitative estimate of drug-likeness (QED) is 0.431. The molecule has 3 heterocycles. The van der Waals surface area contributed by atoms with Gasteiger partial charge in [0, 0.05) is 22.5 Å². The summed E-state index contributed by atoms with van der Waals surface area (Å²) in [4.78, 5) is 22.2. The van der Waals surface area contributed by atoms with Crippen LogP contribution in [0.25, 0.3) is 38.6 Å². The number of aliphatic hydroxyl groups excluding tert-OH is 1. The van der Waals surface area contributed by atoms with Gasteiger partial charge in [-0.25, -0.2) is 9.97 Å². The van der Waals surface area contributed by atoms with E-state index in [2.05, 4.69) is 15.1 Å². The molecule has 0 aliphatic heterocycles. The van der Waals surface area contributed by atoms with Crippen molar-refractivity contribution in [2.75, 3.05) is 14.2 Å². The first kappa shape index (κ1) is 21.5. The molecule has 0 saturated heterocycles. The Morgan fingerprint density at radius 1 is 0.941 bits per heavy atom. The summed E-state index contributed by atoms with van der Waals surface area (Å²) in [6.45, 7) is 1.64. The highest BCUT2D eigenvalue weighted by atomic mass is 16.5. The molecule has 0 radical (unpaired) electrons. The van der Waals surface area contributed by atoms with Gasteiger partial charge in [-0.05, 0) is 48.7 Å². The first-order valence-electron chi connectivity index (χ1n) is 10.7. The molecule has 0 spiro atoms. The lowest BCUT2D eigenvalue weighted by Gasteiger charge is -2.14. The van der Waals surface area contributed by atoms with Gasteiger partial charge in [-0.3, -0.25) is 4.79 Å². The van der Waals surface area contributed by atoms with Gasteiger partial charge in [-0.2, -0.15) is 9.78 Å². The summed E-state index contributed by atoms with van der Waals surface area (Å²) in [5.74, 6) is 1.52. The van der Waals surface area contributed by atoms with Crippen molar-refractivity contribution in [2.45, 2.75) is 13.5 Å². The second kappa shape index (κ2) is 8.57. The second-order valence-electron chi connectivity index (χ2n) is 7.80. The highest BCUT2D eigenvalue weighted by Gasteiger charge is 2.16. The van der Waals surface area contributed by atoms with Crippen molar-refractivity contribution in [3.05, 3.63) is 82.5 Å². The molecule has 5 aromatic rings. The molecule has 0 bridgehead atoms. The number of methoxy groups -OCH3 is 2. The largest absolute Gasteiger partial charge is 0.493 e. The minimum Gasteiger partial charge on any atom is -0.493 e. The van der Waals surface area contributed by atoms with Crippen LogP contribution in [-0.4, -0.2) is 39.1 Å². The van der Waals surface area contributed by atoms with Crippen LogP contribution in [-0.2, 0) is 6.61 Å². The maximum atomic E-state index is 13.2. The summed E-state index contributed by atoms with van der Waals surface area (Å²) in [5, 5.41) is 17.3. The third-order valence-corrected chi connectivity index (χ3v) is 5.78. The van der Waals surface area contributed by atoms with Crippen LogP contribution < -0.4 is 15.0 Å². The Hall–Kier alpha value is -4.30. The number of ether oxygens (including phenoxy) is 2. The molecule has 0 aliphatic rings. The van der Waals surface area contributed by atoms with Crippen LogP contribution in [0.1, 0.15) is 11.4 Å². The number of aromatic nitrogens is 4. The van der Waals surface area contributed by atoms with Crippen molar-refractivity contribution in [1.29, 1.82) is 0 Å². The molecule has 8 nitrogen and oxygen atoms in total. The fourth-order valence-electron chi connectivity index (χ4n) is 4.12. The molecule has 3 aromatic heterocycles. The molecule has 0 atom stereocenters. The molecule has 0 unspecified atom stereocenters.